The van der Waals surface area contributed by atoms with Gasteiger partial charge in [-0.15, -0.1) is 0 Å². The second kappa shape index (κ2) is 6.58. The smallest absolute Gasteiger partial charge is 0.307 e. The highest BCUT2D eigenvalue weighted by molar-refractivity contribution is 7.71. The third-order valence-electron chi connectivity index (χ3n) is 3.16. The summed E-state index contributed by atoms with van der Waals surface area (Å²) >= 11 is 5.10. The lowest BCUT2D eigenvalue weighted by molar-refractivity contribution is -0.385. The van der Waals surface area contributed by atoms with E-state index >= 15 is 0 Å². The van der Waals surface area contributed by atoms with Crippen LogP contribution in [0.15, 0.2) is 34.0 Å². The van der Waals surface area contributed by atoms with Crippen molar-refractivity contribution in [3.05, 3.63) is 56.8 Å². The van der Waals surface area contributed by atoms with Crippen molar-refractivity contribution in [2.75, 3.05) is 0 Å². The van der Waals surface area contributed by atoms with E-state index in [1.54, 1.807) is 12.1 Å². The highest BCUT2D eigenvalue weighted by Gasteiger charge is 2.10. The Morgan fingerprint density at radius 1 is 1.54 bits per heavy atom. The average Bonchev–Trinajstić information content (AvgIpc) is 3.26. The van der Waals surface area contributed by atoms with Gasteiger partial charge in [0.05, 0.1) is 17.7 Å². The van der Waals surface area contributed by atoms with Gasteiger partial charge in [0.15, 0.2) is 5.82 Å². The summed E-state index contributed by atoms with van der Waals surface area (Å²) in [6.45, 7) is 2.23. The summed E-state index contributed by atoms with van der Waals surface area (Å²) in [6, 6.07) is 3.50. The zero-order chi connectivity index (χ0) is 17.1. The number of hydrogen-bond acceptors (Lipinski definition) is 7. The Morgan fingerprint density at radius 2 is 2.38 bits per heavy atom. The highest BCUT2D eigenvalue weighted by atomic mass is 32.1. The molecule has 3 aromatic rings. The van der Waals surface area contributed by atoms with E-state index in [1.807, 2.05) is 6.92 Å². The van der Waals surface area contributed by atoms with Gasteiger partial charge in [0.25, 0.3) is 0 Å². The molecule has 3 aromatic heterocycles. The number of nitrogens with one attached hydrogen (secondary N) is 1. The van der Waals surface area contributed by atoms with Crippen molar-refractivity contribution < 1.29 is 9.34 Å². The van der Waals surface area contributed by atoms with Crippen LogP contribution in [0.1, 0.15) is 24.3 Å². The molecule has 11 heteroatoms. The van der Waals surface area contributed by atoms with E-state index in [-0.39, 0.29) is 12.2 Å². The number of aromatic amines is 1. The standard InChI is InChI=1S/C13H13N7O3S/c1-2-12-16-17-13(24)19(12)15-6-10-3-4-11(23-10)8-18-7-9(5-14-18)20(21)22/h3-7H,2,8H2,1H3,(H,17,24)/b15-6-. The first-order chi connectivity index (χ1) is 11.6. The number of nitrogens with zero attached hydrogens (tertiary/aromatic N) is 6. The average molecular weight is 347 g/mol. The normalized spacial score (nSPS) is 11.4. The second-order valence-corrected chi connectivity index (χ2v) is 5.20. The molecule has 1 N–H and O–H groups in total. The first-order valence-corrected chi connectivity index (χ1v) is 7.44. The van der Waals surface area contributed by atoms with E-state index in [9.17, 15) is 10.1 Å². The van der Waals surface area contributed by atoms with Crippen LogP contribution >= 0.6 is 12.2 Å². The molecule has 0 bridgehead atoms. The van der Waals surface area contributed by atoms with Gasteiger partial charge in [-0.2, -0.15) is 20.0 Å². The van der Waals surface area contributed by atoms with Gasteiger partial charge in [-0.3, -0.25) is 19.9 Å². The molecule has 0 aliphatic rings. The molecule has 24 heavy (non-hydrogen) atoms. The number of nitro groups is 1. The molecule has 10 nitrogen and oxygen atoms in total. The van der Waals surface area contributed by atoms with Crippen LogP contribution in [0, 0.1) is 14.9 Å². The van der Waals surface area contributed by atoms with Crippen LogP contribution in [0.25, 0.3) is 0 Å². The van der Waals surface area contributed by atoms with Gasteiger partial charge < -0.3 is 4.42 Å². The summed E-state index contributed by atoms with van der Waals surface area (Å²) in [4.78, 5) is 10.1. The molecule has 0 saturated heterocycles. The monoisotopic (exact) mass is 347 g/mol. The lowest BCUT2D eigenvalue weighted by Gasteiger charge is -1.97. The van der Waals surface area contributed by atoms with Crippen LogP contribution in [-0.4, -0.2) is 35.8 Å². The molecule has 0 unspecified atom stereocenters. The Hall–Kier alpha value is -3.08. The molecule has 0 fully saturated rings. The fraction of sp³-hybridized carbons (Fsp3) is 0.231. The maximum atomic E-state index is 10.6. The van der Waals surface area contributed by atoms with Crippen molar-refractivity contribution in [3.63, 3.8) is 0 Å². The van der Waals surface area contributed by atoms with Crippen molar-refractivity contribution in [1.82, 2.24) is 24.7 Å². The topological polar surface area (TPSA) is 120 Å². The van der Waals surface area contributed by atoms with Gasteiger partial charge in [-0.05, 0) is 24.4 Å². The number of aryl methyl sites for hydroxylation is 1. The quantitative estimate of drug-likeness (QED) is 0.316. The summed E-state index contributed by atoms with van der Waals surface area (Å²) in [5, 5.41) is 25.5. The van der Waals surface area contributed by atoms with Crippen LogP contribution in [0.2, 0.25) is 0 Å². The van der Waals surface area contributed by atoms with Crippen LogP contribution in [0.3, 0.4) is 0 Å². The molecular formula is C13H13N7O3S. The van der Waals surface area contributed by atoms with Crippen molar-refractivity contribution >= 4 is 24.1 Å². The maximum absolute atomic E-state index is 10.6. The van der Waals surface area contributed by atoms with E-state index in [4.69, 9.17) is 16.6 Å². The first kappa shape index (κ1) is 15.8. The van der Waals surface area contributed by atoms with Gasteiger partial charge in [0.2, 0.25) is 4.77 Å². The largest absolute Gasteiger partial charge is 0.458 e. The predicted molar refractivity (Wildman–Crippen MR) is 86.5 cm³/mol. The Balaban J connectivity index is 1.73. The molecule has 124 valence electrons. The fourth-order valence-electron chi connectivity index (χ4n) is 2.03. The van der Waals surface area contributed by atoms with Gasteiger partial charge in [0, 0.05) is 6.42 Å². The van der Waals surface area contributed by atoms with Crippen LogP contribution in [-0.2, 0) is 13.0 Å². The Bertz CT molecular complexity index is 949. The van der Waals surface area contributed by atoms with Crippen LogP contribution in [0.5, 0.6) is 0 Å². The fourth-order valence-corrected chi connectivity index (χ4v) is 2.23. The Morgan fingerprint density at radius 3 is 3.08 bits per heavy atom. The Labute approximate surface area is 140 Å². The molecule has 0 aromatic carbocycles. The van der Waals surface area contributed by atoms with E-state index in [1.165, 1.54) is 28.0 Å². The minimum Gasteiger partial charge on any atom is -0.458 e. The highest BCUT2D eigenvalue weighted by Crippen LogP contribution is 2.12. The number of H-pyrrole nitrogens is 1. The molecule has 0 aliphatic carbocycles. The number of rotatable bonds is 6. The molecule has 0 radical (unpaired) electrons. The summed E-state index contributed by atoms with van der Waals surface area (Å²) in [6.07, 6.45) is 4.75. The molecule has 3 heterocycles. The summed E-state index contributed by atoms with van der Waals surface area (Å²) in [5.74, 6) is 1.84. The van der Waals surface area contributed by atoms with Gasteiger partial charge in [0.1, 0.15) is 23.9 Å². The number of hydrogen-bond donors (Lipinski definition) is 1. The van der Waals surface area contributed by atoms with Crippen LogP contribution in [0.4, 0.5) is 5.69 Å². The van der Waals surface area contributed by atoms with Crippen LogP contribution < -0.4 is 0 Å². The van der Waals surface area contributed by atoms with E-state index in [0.717, 1.165) is 0 Å². The third kappa shape index (κ3) is 3.30. The number of furan rings is 1. The molecule has 0 atom stereocenters. The van der Waals surface area contributed by atoms with E-state index in [2.05, 4.69) is 20.4 Å². The van der Waals surface area contributed by atoms with Crippen molar-refractivity contribution in [2.45, 2.75) is 19.9 Å². The zero-order valence-corrected chi connectivity index (χ0v) is 13.4. The van der Waals surface area contributed by atoms with Crippen molar-refractivity contribution in [2.24, 2.45) is 5.10 Å². The summed E-state index contributed by atoms with van der Waals surface area (Å²) < 4.78 is 8.96. The minimum atomic E-state index is -0.496. The van der Waals surface area contributed by atoms with E-state index < -0.39 is 4.92 Å². The first-order valence-electron chi connectivity index (χ1n) is 7.03. The summed E-state index contributed by atoms with van der Waals surface area (Å²) in [7, 11) is 0. The lowest BCUT2D eigenvalue weighted by Crippen LogP contribution is -1.98. The van der Waals surface area contributed by atoms with Crippen molar-refractivity contribution in [3.8, 4) is 0 Å². The minimum absolute atomic E-state index is 0.0650. The maximum Gasteiger partial charge on any atom is 0.307 e. The van der Waals surface area contributed by atoms with E-state index in [0.29, 0.717) is 28.5 Å². The summed E-state index contributed by atoms with van der Waals surface area (Å²) in [5.41, 5.74) is -0.0650. The van der Waals surface area contributed by atoms with Gasteiger partial charge in [-0.1, -0.05) is 6.92 Å². The third-order valence-corrected chi connectivity index (χ3v) is 3.43. The molecule has 0 amide bonds. The molecule has 0 aliphatic heterocycles. The molecule has 0 spiro atoms. The predicted octanol–water partition coefficient (Wildman–Crippen LogP) is 2.13. The second-order valence-electron chi connectivity index (χ2n) is 4.81. The molecule has 3 rings (SSSR count). The zero-order valence-electron chi connectivity index (χ0n) is 12.6. The van der Waals surface area contributed by atoms with Gasteiger partial charge >= 0.3 is 5.69 Å². The lowest BCUT2D eigenvalue weighted by atomic mass is 10.4. The number of aromatic nitrogens is 5. The Kier molecular flexibility index (Phi) is 4.33. The molecular weight excluding hydrogens is 334 g/mol. The van der Waals surface area contributed by atoms with Crippen molar-refractivity contribution in [1.29, 1.82) is 0 Å². The van der Waals surface area contributed by atoms with Gasteiger partial charge in [-0.25, -0.2) is 0 Å². The SMILES string of the molecule is CCc1n[nH]c(=S)n1/N=C\c1ccc(Cn2cc([N+](=O)[O-])cn2)o1. The molecule has 0 saturated carbocycles.